The third-order valence-corrected chi connectivity index (χ3v) is 4.53. The zero-order valence-electron chi connectivity index (χ0n) is 17.0. The number of halogens is 1. The Morgan fingerprint density at radius 1 is 1.06 bits per heavy atom. The second-order valence-electron chi connectivity index (χ2n) is 6.54. The van der Waals surface area contributed by atoms with Crippen LogP contribution in [0.15, 0.2) is 78.4 Å². The Labute approximate surface area is 186 Å². The van der Waals surface area contributed by atoms with Gasteiger partial charge in [-0.2, -0.15) is 5.26 Å². The van der Waals surface area contributed by atoms with E-state index in [2.05, 4.69) is 5.32 Å². The summed E-state index contributed by atoms with van der Waals surface area (Å²) in [6.45, 7) is 2.76. The van der Waals surface area contributed by atoms with Gasteiger partial charge in [0.15, 0.2) is 0 Å². The Bertz CT molecular complexity index is 1100. The van der Waals surface area contributed by atoms with E-state index >= 15 is 0 Å². The van der Waals surface area contributed by atoms with E-state index in [9.17, 15) is 10.1 Å². The molecule has 6 heteroatoms. The smallest absolute Gasteiger partial charge is 0.266 e. The maximum atomic E-state index is 12.6. The molecule has 3 aromatic carbocycles. The van der Waals surface area contributed by atoms with E-state index in [1.165, 1.54) is 6.08 Å². The van der Waals surface area contributed by atoms with E-state index in [1.807, 2.05) is 43.3 Å². The second-order valence-corrected chi connectivity index (χ2v) is 6.97. The summed E-state index contributed by atoms with van der Waals surface area (Å²) in [5.41, 5.74) is 2.11. The van der Waals surface area contributed by atoms with Gasteiger partial charge in [0.1, 0.15) is 29.7 Å². The molecule has 0 atom stereocenters. The first kappa shape index (κ1) is 21.9. The first-order chi connectivity index (χ1) is 15.1. The van der Waals surface area contributed by atoms with E-state index in [0.29, 0.717) is 41.0 Å². The lowest BCUT2D eigenvalue weighted by Gasteiger charge is -2.09. The third-order valence-electron chi connectivity index (χ3n) is 4.30. The van der Waals surface area contributed by atoms with E-state index in [0.717, 1.165) is 5.56 Å². The van der Waals surface area contributed by atoms with E-state index < -0.39 is 5.91 Å². The molecule has 0 saturated heterocycles. The van der Waals surface area contributed by atoms with Gasteiger partial charge in [0.2, 0.25) is 0 Å². The van der Waals surface area contributed by atoms with Crippen LogP contribution in [-0.4, -0.2) is 12.5 Å². The zero-order valence-corrected chi connectivity index (χ0v) is 17.7. The Morgan fingerprint density at radius 2 is 1.81 bits per heavy atom. The lowest BCUT2D eigenvalue weighted by Crippen LogP contribution is -2.13. The number of nitrogens with zero attached hydrogens (tertiary/aromatic N) is 1. The van der Waals surface area contributed by atoms with Crippen LogP contribution >= 0.6 is 11.6 Å². The maximum Gasteiger partial charge on any atom is 0.266 e. The van der Waals surface area contributed by atoms with Crippen LogP contribution in [-0.2, 0) is 11.4 Å². The van der Waals surface area contributed by atoms with Crippen molar-refractivity contribution >= 4 is 29.3 Å². The lowest BCUT2D eigenvalue weighted by molar-refractivity contribution is -0.112. The number of hydrogen-bond donors (Lipinski definition) is 1. The van der Waals surface area contributed by atoms with Crippen LogP contribution in [0, 0.1) is 11.3 Å². The first-order valence-corrected chi connectivity index (χ1v) is 10.1. The van der Waals surface area contributed by atoms with Gasteiger partial charge in [-0.15, -0.1) is 0 Å². The Morgan fingerprint density at radius 3 is 2.48 bits per heavy atom. The maximum absolute atomic E-state index is 12.6. The molecule has 0 bridgehead atoms. The normalized spacial score (nSPS) is 10.8. The van der Waals surface area contributed by atoms with E-state index in [-0.39, 0.29) is 5.57 Å². The highest BCUT2D eigenvalue weighted by molar-refractivity contribution is 6.30. The van der Waals surface area contributed by atoms with Crippen LogP contribution < -0.4 is 14.8 Å². The molecule has 5 nitrogen and oxygen atoms in total. The summed E-state index contributed by atoms with van der Waals surface area (Å²) >= 11 is 6.05. The molecule has 31 heavy (non-hydrogen) atoms. The molecule has 0 heterocycles. The molecule has 0 aliphatic carbocycles. The lowest BCUT2D eigenvalue weighted by atomic mass is 10.1. The molecular formula is C25H21ClN2O3. The van der Waals surface area contributed by atoms with Crippen LogP contribution in [0.4, 0.5) is 5.69 Å². The standard InChI is InChI=1S/C25H21ClN2O3/c1-2-30-24-13-8-21(26)15-19(24)14-20(16-27)25(29)28-22-9-11-23(12-10-22)31-17-18-6-4-3-5-7-18/h3-15H,2,17H2,1H3,(H,28,29)/b20-14+. The van der Waals surface area contributed by atoms with Gasteiger partial charge in [0.05, 0.1) is 6.61 Å². The molecule has 0 fully saturated rings. The van der Waals surface area contributed by atoms with Gasteiger partial charge in [-0.3, -0.25) is 4.79 Å². The predicted octanol–water partition coefficient (Wildman–Crippen LogP) is 5.86. The Hall–Kier alpha value is -3.75. The quantitative estimate of drug-likeness (QED) is 0.357. The van der Waals surface area contributed by atoms with Crippen LogP contribution in [0.1, 0.15) is 18.1 Å². The number of nitriles is 1. The molecule has 0 aliphatic rings. The highest BCUT2D eigenvalue weighted by Crippen LogP contribution is 2.26. The van der Waals surface area contributed by atoms with Gasteiger partial charge in [0.25, 0.3) is 5.91 Å². The Balaban J connectivity index is 1.68. The molecule has 0 saturated carbocycles. The fourth-order valence-corrected chi connectivity index (χ4v) is 2.98. The minimum Gasteiger partial charge on any atom is -0.493 e. The summed E-state index contributed by atoms with van der Waals surface area (Å²) in [5.74, 6) is 0.702. The molecule has 0 radical (unpaired) electrons. The van der Waals surface area contributed by atoms with Crippen molar-refractivity contribution in [2.24, 2.45) is 0 Å². The third kappa shape index (κ3) is 6.36. The summed E-state index contributed by atoms with van der Waals surface area (Å²) < 4.78 is 11.3. The minimum atomic E-state index is -0.525. The largest absolute Gasteiger partial charge is 0.493 e. The van der Waals surface area contributed by atoms with Gasteiger partial charge in [-0.1, -0.05) is 41.9 Å². The molecule has 156 valence electrons. The minimum absolute atomic E-state index is 0.0624. The number of amides is 1. The van der Waals surface area contributed by atoms with Crippen molar-refractivity contribution in [3.8, 4) is 17.6 Å². The summed E-state index contributed by atoms with van der Waals surface area (Å²) in [7, 11) is 0. The topological polar surface area (TPSA) is 71.3 Å². The highest BCUT2D eigenvalue weighted by atomic mass is 35.5. The SMILES string of the molecule is CCOc1ccc(Cl)cc1/C=C(\C#N)C(=O)Nc1ccc(OCc2ccccc2)cc1. The molecule has 0 aliphatic heterocycles. The van der Waals surface area contributed by atoms with Crippen molar-refractivity contribution in [1.82, 2.24) is 0 Å². The molecule has 1 N–H and O–H groups in total. The van der Waals surface area contributed by atoms with Crippen molar-refractivity contribution in [3.63, 3.8) is 0 Å². The van der Waals surface area contributed by atoms with Crippen molar-refractivity contribution in [2.75, 3.05) is 11.9 Å². The number of carbonyl (C=O) groups excluding carboxylic acids is 1. The monoisotopic (exact) mass is 432 g/mol. The fourth-order valence-electron chi connectivity index (χ4n) is 2.80. The molecule has 0 spiro atoms. The number of hydrogen-bond acceptors (Lipinski definition) is 4. The summed E-state index contributed by atoms with van der Waals surface area (Å²) in [5, 5.41) is 12.7. The number of nitrogens with one attached hydrogen (secondary N) is 1. The first-order valence-electron chi connectivity index (χ1n) is 9.71. The number of anilines is 1. The van der Waals surface area contributed by atoms with Crippen molar-refractivity contribution in [1.29, 1.82) is 5.26 Å². The van der Waals surface area contributed by atoms with Crippen LogP contribution in [0.3, 0.4) is 0 Å². The fraction of sp³-hybridized carbons (Fsp3) is 0.120. The van der Waals surface area contributed by atoms with Crippen molar-refractivity contribution in [2.45, 2.75) is 13.5 Å². The average molecular weight is 433 g/mol. The average Bonchev–Trinajstić information content (AvgIpc) is 2.79. The molecular weight excluding hydrogens is 412 g/mol. The molecule has 3 rings (SSSR count). The van der Waals surface area contributed by atoms with Gasteiger partial charge >= 0.3 is 0 Å². The number of carbonyl (C=O) groups is 1. The van der Waals surface area contributed by atoms with Crippen LogP contribution in [0.25, 0.3) is 6.08 Å². The summed E-state index contributed by atoms with van der Waals surface area (Å²) in [6.07, 6.45) is 1.46. The van der Waals surface area contributed by atoms with E-state index in [1.54, 1.807) is 42.5 Å². The Kier molecular flexibility index (Phi) is 7.69. The molecule has 3 aromatic rings. The summed E-state index contributed by atoms with van der Waals surface area (Å²) in [4.78, 5) is 12.6. The van der Waals surface area contributed by atoms with Gasteiger partial charge < -0.3 is 14.8 Å². The van der Waals surface area contributed by atoms with Crippen molar-refractivity contribution < 1.29 is 14.3 Å². The number of benzene rings is 3. The molecule has 1 amide bonds. The summed E-state index contributed by atoms with van der Waals surface area (Å²) in [6, 6.07) is 23.8. The highest BCUT2D eigenvalue weighted by Gasteiger charge is 2.12. The van der Waals surface area contributed by atoms with Crippen LogP contribution in [0.5, 0.6) is 11.5 Å². The predicted molar refractivity (Wildman–Crippen MR) is 122 cm³/mol. The van der Waals surface area contributed by atoms with Gasteiger partial charge in [-0.25, -0.2) is 0 Å². The second kappa shape index (κ2) is 10.9. The number of ether oxygens (including phenoxy) is 2. The van der Waals surface area contributed by atoms with E-state index in [4.69, 9.17) is 21.1 Å². The molecule has 0 unspecified atom stereocenters. The van der Waals surface area contributed by atoms with Crippen LogP contribution in [0.2, 0.25) is 5.02 Å². The van der Waals surface area contributed by atoms with Crippen molar-refractivity contribution in [3.05, 3.63) is 94.5 Å². The number of rotatable bonds is 8. The van der Waals surface area contributed by atoms with Gasteiger partial charge in [0, 0.05) is 16.3 Å². The zero-order chi connectivity index (χ0) is 22.1. The molecule has 0 aromatic heterocycles. The van der Waals surface area contributed by atoms with Gasteiger partial charge in [-0.05, 0) is 61.0 Å².